The van der Waals surface area contributed by atoms with E-state index in [1.807, 2.05) is 6.07 Å². The molecule has 1 unspecified atom stereocenters. The van der Waals surface area contributed by atoms with E-state index in [0.29, 0.717) is 17.8 Å². The van der Waals surface area contributed by atoms with Crippen LogP contribution in [0.1, 0.15) is 41.6 Å². The van der Waals surface area contributed by atoms with E-state index in [2.05, 4.69) is 50.5 Å². The molecule has 3 aromatic rings. The van der Waals surface area contributed by atoms with Gasteiger partial charge in [-0.15, -0.1) is 0 Å². The molecule has 4 heterocycles. The summed E-state index contributed by atoms with van der Waals surface area (Å²) in [4.78, 5) is 21.7. The van der Waals surface area contributed by atoms with Gasteiger partial charge in [-0.1, -0.05) is 30.3 Å². The van der Waals surface area contributed by atoms with Crippen molar-refractivity contribution in [1.82, 2.24) is 14.9 Å². The second kappa shape index (κ2) is 6.95. The molecule has 0 radical (unpaired) electrons. The third kappa shape index (κ3) is 3.03. The van der Waals surface area contributed by atoms with Gasteiger partial charge < -0.3 is 15.4 Å². The molecule has 2 aliphatic rings. The number of pyridine rings is 1. The van der Waals surface area contributed by atoms with Gasteiger partial charge in [0.25, 0.3) is 0 Å². The van der Waals surface area contributed by atoms with E-state index >= 15 is 0 Å². The predicted octanol–water partition coefficient (Wildman–Crippen LogP) is 3.87. The summed E-state index contributed by atoms with van der Waals surface area (Å²) in [5.41, 5.74) is 3.02. The van der Waals surface area contributed by atoms with Gasteiger partial charge in [0.1, 0.15) is 11.2 Å². The van der Waals surface area contributed by atoms with Crippen LogP contribution in [0.2, 0.25) is 0 Å². The fraction of sp³-hybridized carbons (Fsp3) is 0.364. The molecule has 0 aliphatic carbocycles. The zero-order chi connectivity index (χ0) is 19.1. The SMILES string of the molecule is O=C(O)c1cnc2[nH]ccc2c1NC1C[C@H]2CC[C@@H](C1)N2Cc1ccccc1. The Labute approximate surface area is 163 Å². The van der Waals surface area contributed by atoms with Crippen molar-refractivity contribution < 1.29 is 9.90 Å². The van der Waals surface area contributed by atoms with Crippen molar-refractivity contribution in [1.29, 1.82) is 0 Å². The Kier molecular flexibility index (Phi) is 4.28. The van der Waals surface area contributed by atoms with Gasteiger partial charge in [0.15, 0.2) is 0 Å². The van der Waals surface area contributed by atoms with E-state index in [9.17, 15) is 9.90 Å². The van der Waals surface area contributed by atoms with Crippen molar-refractivity contribution in [2.24, 2.45) is 0 Å². The molecule has 5 rings (SSSR count). The quantitative estimate of drug-likeness (QED) is 0.630. The van der Waals surface area contributed by atoms with Gasteiger partial charge in [0, 0.05) is 42.5 Å². The highest BCUT2D eigenvalue weighted by atomic mass is 16.4. The number of aromatic carboxylic acids is 1. The maximum absolute atomic E-state index is 11.7. The Balaban J connectivity index is 1.36. The van der Waals surface area contributed by atoms with Crippen LogP contribution in [-0.2, 0) is 6.54 Å². The molecule has 2 bridgehead atoms. The molecule has 2 aromatic heterocycles. The Morgan fingerprint density at radius 2 is 1.93 bits per heavy atom. The lowest BCUT2D eigenvalue weighted by Gasteiger charge is -2.39. The summed E-state index contributed by atoms with van der Waals surface area (Å²) in [6, 6.07) is 13.9. The van der Waals surface area contributed by atoms with Crippen LogP contribution in [0.5, 0.6) is 0 Å². The second-order valence-electron chi connectivity index (χ2n) is 7.95. The van der Waals surface area contributed by atoms with Gasteiger partial charge in [0.2, 0.25) is 0 Å². The molecule has 6 nitrogen and oxygen atoms in total. The summed E-state index contributed by atoms with van der Waals surface area (Å²) in [7, 11) is 0. The second-order valence-corrected chi connectivity index (χ2v) is 7.95. The molecule has 3 N–H and O–H groups in total. The number of hydrogen-bond donors (Lipinski definition) is 3. The number of nitrogens with zero attached hydrogens (tertiary/aromatic N) is 2. The van der Waals surface area contributed by atoms with Crippen LogP contribution in [-0.4, -0.2) is 44.1 Å². The number of piperidine rings is 1. The van der Waals surface area contributed by atoms with Gasteiger partial charge >= 0.3 is 5.97 Å². The number of nitrogens with one attached hydrogen (secondary N) is 2. The topological polar surface area (TPSA) is 81.2 Å². The first-order valence-electron chi connectivity index (χ1n) is 9.94. The summed E-state index contributed by atoms with van der Waals surface area (Å²) in [6.45, 7) is 1.00. The Morgan fingerprint density at radius 1 is 1.18 bits per heavy atom. The van der Waals surface area contributed by atoms with Gasteiger partial charge in [-0.3, -0.25) is 4.90 Å². The third-order valence-electron chi connectivity index (χ3n) is 6.26. The van der Waals surface area contributed by atoms with Crippen LogP contribution in [0.25, 0.3) is 11.0 Å². The molecule has 0 spiro atoms. The van der Waals surface area contributed by atoms with E-state index in [1.54, 1.807) is 6.20 Å². The van der Waals surface area contributed by atoms with Crippen molar-refractivity contribution in [3.8, 4) is 0 Å². The number of aromatic amines is 1. The first kappa shape index (κ1) is 17.3. The van der Waals surface area contributed by atoms with Crippen LogP contribution in [0.4, 0.5) is 5.69 Å². The minimum Gasteiger partial charge on any atom is -0.478 e. The van der Waals surface area contributed by atoms with Gasteiger partial charge in [0.05, 0.1) is 5.69 Å². The van der Waals surface area contributed by atoms with Crippen molar-refractivity contribution in [2.75, 3.05) is 5.32 Å². The molecule has 6 heteroatoms. The van der Waals surface area contributed by atoms with Crippen molar-refractivity contribution >= 4 is 22.7 Å². The minimum absolute atomic E-state index is 0.242. The zero-order valence-electron chi connectivity index (χ0n) is 15.6. The molecule has 2 saturated heterocycles. The minimum atomic E-state index is -0.942. The van der Waals surface area contributed by atoms with Crippen LogP contribution in [0, 0.1) is 0 Å². The van der Waals surface area contributed by atoms with Gasteiger partial charge in [-0.2, -0.15) is 0 Å². The molecule has 2 aliphatic heterocycles. The summed E-state index contributed by atoms with van der Waals surface area (Å²) in [5, 5.41) is 14.0. The fourth-order valence-corrected chi connectivity index (χ4v) is 4.97. The van der Waals surface area contributed by atoms with Crippen molar-refractivity contribution in [3.05, 3.63) is 59.9 Å². The highest BCUT2D eigenvalue weighted by Gasteiger charge is 2.40. The molecule has 0 amide bonds. The lowest BCUT2D eigenvalue weighted by molar-refractivity contribution is 0.0697. The number of carboxylic acids is 1. The number of anilines is 1. The first-order valence-corrected chi connectivity index (χ1v) is 9.94. The average molecular weight is 376 g/mol. The zero-order valence-corrected chi connectivity index (χ0v) is 15.6. The van der Waals surface area contributed by atoms with E-state index in [0.717, 1.165) is 30.4 Å². The van der Waals surface area contributed by atoms with Crippen LogP contribution in [0.3, 0.4) is 0 Å². The van der Waals surface area contributed by atoms with E-state index in [1.165, 1.54) is 24.6 Å². The molecule has 3 atom stereocenters. The summed E-state index contributed by atoms with van der Waals surface area (Å²) < 4.78 is 0. The Bertz CT molecular complexity index is 986. The summed E-state index contributed by atoms with van der Waals surface area (Å²) >= 11 is 0. The highest BCUT2D eigenvalue weighted by molar-refractivity contribution is 6.03. The maximum Gasteiger partial charge on any atom is 0.339 e. The molecule has 28 heavy (non-hydrogen) atoms. The third-order valence-corrected chi connectivity index (χ3v) is 6.26. The summed E-state index contributed by atoms with van der Waals surface area (Å²) in [5.74, 6) is -0.942. The van der Waals surface area contributed by atoms with Crippen LogP contribution >= 0.6 is 0 Å². The standard InChI is InChI=1S/C22H24N4O2/c27-22(28)19-12-24-21-18(8-9-23-21)20(19)25-15-10-16-6-7-17(11-15)26(16)13-14-4-2-1-3-5-14/h1-5,8-9,12,15-17H,6-7,10-11,13H2,(H,27,28)(H2,23,24,25)/t15?,16-,17+. The average Bonchev–Trinajstić information content (AvgIpc) is 3.25. The van der Waals surface area contributed by atoms with Crippen LogP contribution < -0.4 is 5.32 Å². The lowest BCUT2D eigenvalue weighted by atomic mass is 9.95. The Morgan fingerprint density at radius 3 is 2.64 bits per heavy atom. The van der Waals surface area contributed by atoms with Crippen LogP contribution in [0.15, 0.2) is 48.8 Å². The lowest BCUT2D eigenvalue weighted by Crippen LogP contribution is -2.46. The van der Waals surface area contributed by atoms with Crippen molar-refractivity contribution in [2.45, 2.75) is 50.4 Å². The fourth-order valence-electron chi connectivity index (χ4n) is 4.97. The molecular formula is C22H24N4O2. The summed E-state index contributed by atoms with van der Waals surface area (Å²) in [6.07, 6.45) is 7.77. The van der Waals surface area contributed by atoms with Gasteiger partial charge in [-0.25, -0.2) is 9.78 Å². The smallest absolute Gasteiger partial charge is 0.339 e. The largest absolute Gasteiger partial charge is 0.478 e. The number of carbonyl (C=O) groups is 1. The van der Waals surface area contributed by atoms with Crippen molar-refractivity contribution in [3.63, 3.8) is 0 Å². The molecule has 2 fully saturated rings. The number of benzene rings is 1. The van der Waals surface area contributed by atoms with E-state index < -0.39 is 5.97 Å². The van der Waals surface area contributed by atoms with Gasteiger partial charge in [-0.05, 0) is 37.3 Å². The molecule has 1 aromatic carbocycles. The number of rotatable bonds is 5. The number of hydrogen-bond acceptors (Lipinski definition) is 4. The number of H-pyrrole nitrogens is 1. The first-order chi connectivity index (χ1) is 13.7. The number of aromatic nitrogens is 2. The highest BCUT2D eigenvalue weighted by Crippen LogP contribution is 2.39. The monoisotopic (exact) mass is 376 g/mol. The molecular weight excluding hydrogens is 352 g/mol. The van der Waals surface area contributed by atoms with E-state index in [-0.39, 0.29) is 11.6 Å². The Hall–Kier alpha value is -2.86. The maximum atomic E-state index is 11.7. The van der Waals surface area contributed by atoms with E-state index in [4.69, 9.17) is 0 Å². The predicted molar refractivity (Wildman–Crippen MR) is 108 cm³/mol. The number of fused-ring (bicyclic) bond motifs is 3. The normalized spacial score (nSPS) is 24.5. The number of carboxylic acid groups (broad SMARTS) is 1. The molecule has 144 valence electrons. The molecule has 0 saturated carbocycles.